The van der Waals surface area contributed by atoms with Gasteiger partial charge in [-0.15, -0.1) is 0 Å². The molecule has 1 aromatic heterocycles. The molecular formula is C11H8FNO3S. The first-order valence-electron chi connectivity index (χ1n) is 4.71. The molecule has 4 nitrogen and oxygen atoms in total. The summed E-state index contributed by atoms with van der Waals surface area (Å²) in [5, 5.41) is 9.16. The number of aromatic nitrogens is 1. The summed E-state index contributed by atoms with van der Waals surface area (Å²) in [6, 6.07) is 4.03. The van der Waals surface area contributed by atoms with Crippen LogP contribution in [-0.2, 0) is 5.75 Å². The van der Waals surface area contributed by atoms with Crippen LogP contribution in [0.5, 0.6) is 0 Å². The minimum absolute atomic E-state index is 0.324. The zero-order chi connectivity index (χ0) is 12.3. The number of carboxylic acid groups (broad SMARTS) is 1. The van der Waals surface area contributed by atoms with E-state index in [4.69, 9.17) is 9.52 Å². The number of hydrogen-bond donors (Lipinski definition) is 1. The van der Waals surface area contributed by atoms with Gasteiger partial charge in [0.15, 0.2) is 0 Å². The van der Waals surface area contributed by atoms with Gasteiger partial charge in [0.2, 0.25) is 0 Å². The zero-order valence-electron chi connectivity index (χ0n) is 8.59. The second kappa shape index (κ2) is 5.01. The second-order valence-electron chi connectivity index (χ2n) is 3.21. The summed E-state index contributed by atoms with van der Waals surface area (Å²) in [7, 11) is 0. The number of rotatable bonds is 4. The smallest absolute Gasteiger partial charge is 0.338 e. The van der Waals surface area contributed by atoms with Gasteiger partial charge in [-0.2, -0.15) is 0 Å². The van der Waals surface area contributed by atoms with Crippen LogP contribution in [0.3, 0.4) is 0 Å². The molecule has 0 spiro atoms. The Morgan fingerprint density at radius 1 is 1.53 bits per heavy atom. The number of halogens is 1. The van der Waals surface area contributed by atoms with E-state index in [2.05, 4.69) is 4.98 Å². The Morgan fingerprint density at radius 3 is 2.94 bits per heavy atom. The number of carbonyl (C=O) groups is 1. The van der Waals surface area contributed by atoms with E-state index in [1.54, 1.807) is 6.07 Å². The van der Waals surface area contributed by atoms with E-state index < -0.39 is 11.8 Å². The first kappa shape index (κ1) is 11.7. The lowest BCUT2D eigenvalue weighted by Gasteiger charge is -2.01. The van der Waals surface area contributed by atoms with Gasteiger partial charge < -0.3 is 9.52 Å². The second-order valence-corrected chi connectivity index (χ2v) is 4.13. The SMILES string of the molecule is O=C(O)c1ccc(CSc2ncco2)cc1F. The van der Waals surface area contributed by atoms with Crippen LogP contribution in [0.4, 0.5) is 4.39 Å². The number of nitrogens with zero attached hydrogens (tertiary/aromatic N) is 1. The fourth-order valence-electron chi connectivity index (χ4n) is 1.25. The molecule has 88 valence electrons. The van der Waals surface area contributed by atoms with Crippen LogP contribution < -0.4 is 0 Å². The lowest BCUT2D eigenvalue weighted by atomic mass is 10.1. The topological polar surface area (TPSA) is 63.3 Å². The zero-order valence-corrected chi connectivity index (χ0v) is 9.41. The first-order valence-corrected chi connectivity index (χ1v) is 5.69. The standard InChI is InChI=1S/C11H8FNO3S/c12-9-5-7(1-2-8(9)10(14)15)6-17-11-13-3-4-16-11/h1-5H,6H2,(H,14,15). The molecule has 0 saturated heterocycles. The van der Waals surface area contributed by atoms with E-state index in [0.717, 1.165) is 0 Å². The van der Waals surface area contributed by atoms with E-state index in [9.17, 15) is 9.18 Å². The van der Waals surface area contributed by atoms with E-state index in [1.807, 2.05) is 0 Å². The number of oxazole rings is 1. The van der Waals surface area contributed by atoms with Crippen LogP contribution in [-0.4, -0.2) is 16.1 Å². The fraction of sp³-hybridized carbons (Fsp3) is 0.0909. The van der Waals surface area contributed by atoms with Crippen LogP contribution in [0.1, 0.15) is 15.9 Å². The Labute approximate surface area is 100 Å². The Bertz CT molecular complexity index is 528. The molecular weight excluding hydrogens is 245 g/mol. The fourth-order valence-corrected chi connectivity index (χ4v) is 1.98. The van der Waals surface area contributed by atoms with E-state index >= 15 is 0 Å². The lowest BCUT2D eigenvalue weighted by Crippen LogP contribution is -2.00. The van der Waals surface area contributed by atoms with Crippen LogP contribution >= 0.6 is 11.8 Å². The third-order valence-electron chi connectivity index (χ3n) is 2.04. The molecule has 6 heteroatoms. The molecule has 2 rings (SSSR count). The van der Waals surface area contributed by atoms with Crippen molar-refractivity contribution < 1.29 is 18.7 Å². The molecule has 1 heterocycles. The maximum Gasteiger partial charge on any atom is 0.338 e. The summed E-state index contributed by atoms with van der Waals surface area (Å²) >= 11 is 1.31. The van der Waals surface area contributed by atoms with Gasteiger partial charge in [-0.1, -0.05) is 17.8 Å². The largest absolute Gasteiger partial charge is 0.478 e. The lowest BCUT2D eigenvalue weighted by molar-refractivity contribution is 0.0692. The predicted molar refractivity (Wildman–Crippen MR) is 59.4 cm³/mol. The Balaban J connectivity index is 2.07. The molecule has 2 aromatic rings. The van der Waals surface area contributed by atoms with Crippen molar-refractivity contribution in [3.8, 4) is 0 Å². The third-order valence-corrected chi connectivity index (χ3v) is 2.96. The quantitative estimate of drug-likeness (QED) is 0.849. The molecule has 0 aliphatic heterocycles. The van der Waals surface area contributed by atoms with Gasteiger partial charge in [0.05, 0.1) is 11.8 Å². The van der Waals surface area contributed by atoms with Crippen molar-refractivity contribution in [2.24, 2.45) is 0 Å². The van der Waals surface area contributed by atoms with Gasteiger partial charge >= 0.3 is 5.97 Å². The third kappa shape index (κ3) is 2.85. The summed E-state index contributed by atoms with van der Waals surface area (Å²) < 4.78 is 18.3. The summed E-state index contributed by atoms with van der Waals surface area (Å²) in [5.74, 6) is -1.53. The van der Waals surface area contributed by atoms with Crippen molar-refractivity contribution in [1.29, 1.82) is 0 Å². The van der Waals surface area contributed by atoms with Gasteiger partial charge in [0.25, 0.3) is 5.22 Å². The molecule has 0 saturated carbocycles. The number of benzene rings is 1. The normalized spacial score (nSPS) is 10.4. The van der Waals surface area contributed by atoms with E-state index in [-0.39, 0.29) is 5.56 Å². The van der Waals surface area contributed by atoms with E-state index in [1.165, 1.54) is 36.4 Å². The van der Waals surface area contributed by atoms with Gasteiger partial charge in [-0.3, -0.25) is 0 Å². The predicted octanol–water partition coefficient (Wildman–Crippen LogP) is 2.80. The van der Waals surface area contributed by atoms with Gasteiger partial charge in [-0.25, -0.2) is 14.2 Å². The molecule has 0 fully saturated rings. The Morgan fingerprint density at radius 2 is 2.35 bits per heavy atom. The average molecular weight is 253 g/mol. The molecule has 0 radical (unpaired) electrons. The summed E-state index contributed by atoms with van der Waals surface area (Å²) in [5.41, 5.74) is 0.352. The first-order chi connectivity index (χ1) is 8.16. The molecule has 1 N–H and O–H groups in total. The van der Waals surface area contributed by atoms with Crippen LogP contribution in [0.2, 0.25) is 0 Å². The highest BCUT2D eigenvalue weighted by molar-refractivity contribution is 7.98. The van der Waals surface area contributed by atoms with Crippen molar-refractivity contribution in [3.63, 3.8) is 0 Å². The highest BCUT2D eigenvalue weighted by Crippen LogP contribution is 2.22. The molecule has 0 bridgehead atoms. The van der Waals surface area contributed by atoms with E-state index in [0.29, 0.717) is 16.5 Å². The molecule has 0 unspecified atom stereocenters. The number of aromatic carboxylic acids is 1. The molecule has 0 amide bonds. The maximum absolute atomic E-state index is 13.3. The summed E-state index contributed by atoms with van der Waals surface area (Å²) in [6.45, 7) is 0. The van der Waals surface area contributed by atoms with Gasteiger partial charge in [-0.05, 0) is 17.7 Å². The molecule has 0 aliphatic carbocycles. The van der Waals surface area contributed by atoms with Crippen LogP contribution in [0, 0.1) is 5.82 Å². The van der Waals surface area contributed by atoms with Crippen molar-refractivity contribution in [3.05, 3.63) is 47.6 Å². The highest BCUT2D eigenvalue weighted by Gasteiger charge is 2.10. The van der Waals surface area contributed by atoms with Gasteiger partial charge in [0, 0.05) is 5.75 Å². The summed E-state index contributed by atoms with van der Waals surface area (Å²) in [4.78, 5) is 14.5. The number of thioether (sulfide) groups is 1. The summed E-state index contributed by atoms with van der Waals surface area (Å²) in [6.07, 6.45) is 2.98. The van der Waals surface area contributed by atoms with Crippen molar-refractivity contribution in [1.82, 2.24) is 4.98 Å². The maximum atomic E-state index is 13.3. The molecule has 0 atom stereocenters. The minimum Gasteiger partial charge on any atom is -0.478 e. The molecule has 1 aromatic carbocycles. The average Bonchev–Trinajstić information content (AvgIpc) is 2.78. The monoisotopic (exact) mass is 253 g/mol. The number of hydrogen-bond acceptors (Lipinski definition) is 4. The Kier molecular flexibility index (Phi) is 3.43. The van der Waals surface area contributed by atoms with Crippen molar-refractivity contribution in [2.75, 3.05) is 0 Å². The minimum atomic E-state index is -1.27. The van der Waals surface area contributed by atoms with Gasteiger partial charge in [0.1, 0.15) is 12.1 Å². The highest BCUT2D eigenvalue weighted by atomic mass is 32.2. The molecule has 0 aliphatic rings. The van der Waals surface area contributed by atoms with Crippen molar-refractivity contribution >= 4 is 17.7 Å². The number of carboxylic acids is 1. The van der Waals surface area contributed by atoms with Crippen LogP contribution in [0.25, 0.3) is 0 Å². The molecule has 17 heavy (non-hydrogen) atoms. The van der Waals surface area contributed by atoms with Crippen LogP contribution in [0.15, 0.2) is 40.3 Å². The van der Waals surface area contributed by atoms with Crippen molar-refractivity contribution in [2.45, 2.75) is 11.0 Å². The Hall–Kier alpha value is -1.82.